The third-order valence-corrected chi connectivity index (χ3v) is 5.17. The zero-order valence-electron chi connectivity index (χ0n) is 22.6. The van der Waals surface area contributed by atoms with Crippen molar-refractivity contribution in [3.05, 3.63) is 34.9 Å². The monoisotopic (exact) mass is 490 g/mol. The van der Waals surface area contributed by atoms with E-state index in [-0.39, 0.29) is 25.3 Å². The Morgan fingerprint density at radius 1 is 1.03 bits per heavy atom. The number of hydrogen-bond acceptors (Lipinski definition) is 5. The van der Waals surface area contributed by atoms with Crippen LogP contribution in [0.25, 0.3) is 0 Å². The lowest BCUT2D eigenvalue weighted by atomic mass is 9.92. The van der Waals surface area contributed by atoms with Gasteiger partial charge in [0.2, 0.25) is 17.7 Å². The number of hydrogen-bond donors (Lipinski definition) is 3. The number of nitrogens with one attached hydrogen (secondary N) is 2. The SMILES string of the molecule is CCN(C(=O)C(CCC(N)=O)NC(=O)OC(C)(C)C)C(C(=O)NC(C)(C)C)c1c(C)cccc1C. The molecular formula is C26H42N4O5. The van der Waals surface area contributed by atoms with Gasteiger partial charge in [0, 0.05) is 18.5 Å². The van der Waals surface area contributed by atoms with Crippen LogP contribution in [0, 0.1) is 13.8 Å². The first-order valence-corrected chi connectivity index (χ1v) is 11.9. The summed E-state index contributed by atoms with van der Waals surface area (Å²) >= 11 is 0. The third-order valence-electron chi connectivity index (χ3n) is 5.17. The van der Waals surface area contributed by atoms with Crippen molar-refractivity contribution in [1.82, 2.24) is 15.5 Å². The van der Waals surface area contributed by atoms with Gasteiger partial charge in [-0.3, -0.25) is 14.4 Å². The first-order chi connectivity index (χ1) is 16.0. The van der Waals surface area contributed by atoms with Crippen LogP contribution in [0.15, 0.2) is 18.2 Å². The van der Waals surface area contributed by atoms with E-state index in [1.807, 2.05) is 52.8 Å². The van der Waals surface area contributed by atoms with Gasteiger partial charge in [-0.05, 0) is 85.4 Å². The maximum atomic E-state index is 13.8. The highest BCUT2D eigenvalue weighted by molar-refractivity contribution is 5.93. The van der Waals surface area contributed by atoms with Crippen molar-refractivity contribution in [2.45, 2.75) is 98.4 Å². The molecule has 0 heterocycles. The van der Waals surface area contributed by atoms with E-state index in [0.29, 0.717) is 0 Å². The molecule has 0 saturated carbocycles. The summed E-state index contributed by atoms with van der Waals surface area (Å²) in [6.07, 6.45) is -0.935. The van der Waals surface area contributed by atoms with Crippen LogP contribution in [0.4, 0.5) is 4.79 Å². The number of nitrogens with two attached hydrogens (primary N) is 1. The van der Waals surface area contributed by atoms with Crippen LogP contribution in [-0.2, 0) is 19.1 Å². The minimum Gasteiger partial charge on any atom is -0.444 e. The fourth-order valence-corrected chi connectivity index (χ4v) is 3.78. The fourth-order valence-electron chi connectivity index (χ4n) is 3.78. The summed E-state index contributed by atoms with van der Waals surface area (Å²) in [7, 11) is 0. The first kappa shape index (κ1) is 29.9. The maximum absolute atomic E-state index is 13.8. The summed E-state index contributed by atoms with van der Waals surface area (Å²) in [5.74, 6) is -1.44. The predicted molar refractivity (Wildman–Crippen MR) is 136 cm³/mol. The van der Waals surface area contributed by atoms with Crippen molar-refractivity contribution in [3.63, 3.8) is 0 Å². The Balaban J connectivity index is 3.50. The lowest BCUT2D eigenvalue weighted by molar-refractivity contribution is -0.143. The van der Waals surface area contributed by atoms with E-state index >= 15 is 0 Å². The minimum absolute atomic E-state index is 0.0235. The molecule has 0 aliphatic rings. The van der Waals surface area contributed by atoms with E-state index in [1.54, 1.807) is 27.7 Å². The molecule has 0 aliphatic carbocycles. The maximum Gasteiger partial charge on any atom is 0.408 e. The molecule has 0 saturated heterocycles. The van der Waals surface area contributed by atoms with E-state index in [0.717, 1.165) is 16.7 Å². The number of likely N-dealkylation sites (N-methyl/N-ethyl adjacent to an activating group) is 1. The number of ether oxygens (including phenoxy) is 1. The quantitative estimate of drug-likeness (QED) is 0.489. The molecule has 4 N–H and O–H groups in total. The minimum atomic E-state index is -1.11. The molecule has 1 aromatic carbocycles. The number of nitrogens with zero attached hydrogens (tertiary/aromatic N) is 1. The van der Waals surface area contributed by atoms with Crippen LogP contribution in [0.5, 0.6) is 0 Å². The van der Waals surface area contributed by atoms with Gasteiger partial charge in [-0.2, -0.15) is 0 Å². The van der Waals surface area contributed by atoms with Crippen molar-refractivity contribution in [2.24, 2.45) is 5.73 Å². The van der Waals surface area contributed by atoms with Gasteiger partial charge in [-0.25, -0.2) is 4.79 Å². The Morgan fingerprint density at radius 3 is 2.00 bits per heavy atom. The standard InChI is InChI=1S/C26H42N4O5/c1-10-30(23(33)18(14-15-19(27)31)28-24(34)35-26(7,8)9)21(22(32)29-25(4,5)6)20-16(2)12-11-13-17(20)3/h11-13,18,21H,10,14-15H2,1-9H3,(H2,27,31)(H,28,34)(H,29,32). The van der Waals surface area contributed by atoms with Crippen molar-refractivity contribution < 1.29 is 23.9 Å². The highest BCUT2D eigenvalue weighted by Gasteiger charge is 2.37. The zero-order valence-corrected chi connectivity index (χ0v) is 22.6. The summed E-state index contributed by atoms with van der Waals surface area (Å²) in [4.78, 5) is 52.8. The molecule has 0 spiro atoms. The van der Waals surface area contributed by atoms with E-state index < -0.39 is 41.1 Å². The average Bonchev–Trinajstić information content (AvgIpc) is 2.67. The number of aryl methyl sites for hydroxylation is 2. The van der Waals surface area contributed by atoms with Crippen LogP contribution in [-0.4, -0.2) is 52.4 Å². The molecule has 0 bridgehead atoms. The van der Waals surface area contributed by atoms with Crippen LogP contribution in [0.1, 0.15) is 84.0 Å². The van der Waals surface area contributed by atoms with Gasteiger partial charge in [0.15, 0.2) is 0 Å². The van der Waals surface area contributed by atoms with Gasteiger partial charge in [0.1, 0.15) is 17.7 Å². The molecule has 2 atom stereocenters. The predicted octanol–water partition coefficient (Wildman–Crippen LogP) is 3.27. The molecule has 1 aromatic rings. The normalized spacial score (nSPS) is 13.4. The summed E-state index contributed by atoms with van der Waals surface area (Å²) < 4.78 is 5.32. The van der Waals surface area contributed by atoms with Crippen molar-refractivity contribution in [2.75, 3.05) is 6.54 Å². The summed E-state index contributed by atoms with van der Waals surface area (Å²) in [6, 6.07) is 3.63. The number of primary amides is 1. The fraction of sp³-hybridized carbons (Fsp3) is 0.615. The molecule has 1 rings (SSSR count). The Morgan fingerprint density at radius 2 is 1.57 bits per heavy atom. The molecular weight excluding hydrogens is 448 g/mol. The Labute approximate surface area is 209 Å². The van der Waals surface area contributed by atoms with Crippen molar-refractivity contribution in [3.8, 4) is 0 Å². The Hall–Kier alpha value is -3.10. The summed E-state index contributed by atoms with van der Waals surface area (Å²) in [5.41, 5.74) is 6.45. The van der Waals surface area contributed by atoms with Gasteiger partial charge in [0.05, 0.1) is 0 Å². The largest absolute Gasteiger partial charge is 0.444 e. The lowest BCUT2D eigenvalue weighted by Crippen LogP contribution is -2.55. The molecule has 0 aromatic heterocycles. The molecule has 0 aliphatic heterocycles. The number of alkyl carbamates (subject to hydrolysis) is 1. The second kappa shape index (κ2) is 12.0. The molecule has 35 heavy (non-hydrogen) atoms. The van der Waals surface area contributed by atoms with Gasteiger partial charge < -0.3 is 26.0 Å². The lowest BCUT2D eigenvalue weighted by Gasteiger charge is -2.36. The number of carbonyl (C=O) groups excluding carboxylic acids is 4. The van der Waals surface area contributed by atoms with E-state index in [2.05, 4.69) is 10.6 Å². The Bertz CT molecular complexity index is 910. The van der Waals surface area contributed by atoms with E-state index in [4.69, 9.17) is 10.5 Å². The summed E-state index contributed by atoms with van der Waals surface area (Å²) in [5, 5.41) is 5.56. The van der Waals surface area contributed by atoms with Crippen LogP contribution in [0.2, 0.25) is 0 Å². The van der Waals surface area contributed by atoms with Crippen molar-refractivity contribution in [1.29, 1.82) is 0 Å². The van der Waals surface area contributed by atoms with Crippen molar-refractivity contribution >= 4 is 23.8 Å². The van der Waals surface area contributed by atoms with Gasteiger partial charge in [-0.15, -0.1) is 0 Å². The number of rotatable bonds is 9. The number of benzene rings is 1. The molecule has 0 radical (unpaired) electrons. The van der Waals surface area contributed by atoms with Crippen LogP contribution in [0.3, 0.4) is 0 Å². The molecule has 9 nitrogen and oxygen atoms in total. The highest BCUT2D eigenvalue weighted by Crippen LogP contribution is 2.29. The molecule has 4 amide bonds. The Kier molecular flexibility index (Phi) is 10.3. The highest BCUT2D eigenvalue weighted by atomic mass is 16.6. The second-order valence-corrected chi connectivity index (χ2v) is 10.8. The smallest absolute Gasteiger partial charge is 0.408 e. The summed E-state index contributed by atoms with van der Waals surface area (Å²) in [6.45, 7) is 16.5. The van der Waals surface area contributed by atoms with E-state index in [9.17, 15) is 19.2 Å². The molecule has 196 valence electrons. The number of amides is 4. The molecule has 2 unspecified atom stereocenters. The average molecular weight is 491 g/mol. The number of carbonyl (C=O) groups is 4. The van der Waals surface area contributed by atoms with Gasteiger partial charge >= 0.3 is 6.09 Å². The topological polar surface area (TPSA) is 131 Å². The van der Waals surface area contributed by atoms with Crippen LogP contribution < -0.4 is 16.4 Å². The second-order valence-electron chi connectivity index (χ2n) is 10.8. The molecule has 0 fully saturated rings. The van der Waals surface area contributed by atoms with Crippen LogP contribution >= 0.6 is 0 Å². The first-order valence-electron chi connectivity index (χ1n) is 11.9. The zero-order chi connectivity index (χ0) is 27.1. The van der Waals surface area contributed by atoms with Gasteiger partial charge in [-0.1, -0.05) is 18.2 Å². The van der Waals surface area contributed by atoms with E-state index in [1.165, 1.54) is 4.90 Å². The van der Waals surface area contributed by atoms with Gasteiger partial charge in [0.25, 0.3) is 0 Å². The third kappa shape index (κ3) is 9.58. The molecule has 9 heteroatoms.